The Balaban J connectivity index is 1.98. The number of nitrogens with two attached hydrogens (primary N) is 1. The molecule has 1 aliphatic heterocycles. The van der Waals surface area contributed by atoms with Crippen LogP contribution in [-0.2, 0) is 6.54 Å². The first-order valence-electron chi connectivity index (χ1n) is 6.83. The van der Waals surface area contributed by atoms with Gasteiger partial charge in [0.1, 0.15) is 0 Å². The van der Waals surface area contributed by atoms with Gasteiger partial charge in [-0.3, -0.25) is 9.80 Å². The van der Waals surface area contributed by atoms with Crippen LogP contribution in [0.2, 0.25) is 0 Å². The normalized spacial score (nSPS) is 21.1. The summed E-state index contributed by atoms with van der Waals surface area (Å²) in [6, 6.07) is 10.7. The molecule has 0 aromatic heterocycles. The van der Waals surface area contributed by atoms with E-state index in [9.17, 15) is 0 Å². The predicted molar refractivity (Wildman–Crippen MR) is 76.4 cm³/mol. The zero-order valence-corrected chi connectivity index (χ0v) is 11.6. The molecule has 1 saturated heterocycles. The Morgan fingerprint density at radius 2 is 1.89 bits per heavy atom. The van der Waals surface area contributed by atoms with Crippen LogP contribution in [0.1, 0.15) is 19.4 Å². The van der Waals surface area contributed by atoms with Crippen molar-refractivity contribution in [3.05, 3.63) is 35.9 Å². The molecule has 1 aromatic rings. The van der Waals surface area contributed by atoms with Crippen LogP contribution in [-0.4, -0.2) is 48.1 Å². The first kappa shape index (κ1) is 13.5. The minimum Gasteiger partial charge on any atom is -0.329 e. The second kappa shape index (κ2) is 5.83. The Kier molecular flexibility index (Phi) is 4.38. The maximum absolute atomic E-state index is 5.65. The van der Waals surface area contributed by atoms with E-state index in [1.807, 2.05) is 0 Å². The average molecular weight is 247 g/mol. The Labute approximate surface area is 111 Å². The standard InChI is InChI=1S/C15H25N3/c1-15(2)13-17(9-8-16)10-11-18(15)12-14-6-4-3-5-7-14/h3-7H,8-13,16H2,1-2H3. The Hall–Kier alpha value is -0.900. The summed E-state index contributed by atoms with van der Waals surface area (Å²) < 4.78 is 0. The molecule has 0 aliphatic carbocycles. The molecule has 100 valence electrons. The van der Waals surface area contributed by atoms with Gasteiger partial charge in [0.15, 0.2) is 0 Å². The van der Waals surface area contributed by atoms with Gasteiger partial charge in [0, 0.05) is 44.8 Å². The molecular weight excluding hydrogens is 222 g/mol. The highest BCUT2D eigenvalue weighted by atomic mass is 15.3. The van der Waals surface area contributed by atoms with Gasteiger partial charge in [-0.2, -0.15) is 0 Å². The molecule has 1 fully saturated rings. The van der Waals surface area contributed by atoms with Crippen molar-refractivity contribution in [3.8, 4) is 0 Å². The van der Waals surface area contributed by atoms with Gasteiger partial charge in [0.05, 0.1) is 0 Å². The maximum atomic E-state index is 5.65. The summed E-state index contributed by atoms with van der Waals surface area (Å²) in [5.41, 5.74) is 7.28. The number of hydrogen-bond donors (Lipinski definition) is 1. The molecule has 0 bridgehead atoms. The summed E-state index contributed by atoms with van der Waals surface area (Å²) in [6.45, 7) is 10.9. The first-order valence-corrected chi connectivity index (χ1v) is 6.83. The monoisotopic (exact) mass is 247 g/mol. The Bertz CT molecular complexity index is 361. The summed E-state index contributed by atoms with van der Waals surface area (Å²) in [5.74, 6) is 0. The van der Waals surface area contributed by atoms with E-state index in [1.54, 1.807) is 0 Å². The van der Waals surface area contributed by atoms with Gasteiger partial charge in [-0.1, -0.05) is 30.3 Å². The number of piperazine rings is 1. The van der Waals surface area contributed by atoms with Gasteiger partial charge in [-0.25, -0.2) is 0 Å². The third kappa shape index (κ3) is 3.31. The van der Waals surface area contributed by atoms with Gasteiger partial charge >= 0.3 is 0 Å². The van der Waals surface area contributed by atoms with Crippen molar-refractivity contribution in [3.63, 3.8) is 0 Å². The highest BCUT2D eigenvalue weighted by Gasteiger charge is 2.32. The highest BCUT2D eigenvalue weighted by molar-refractivity contribution is 5.15. The quantitative estimate of drug-likeness (QED) is 0.876. The number of hydrogen-bond acceptors (Lipinski definition) is 3. The van der Waals surface area contributed by atoms with E-state index >= 15 is 0 Å². The summed E-state index contributed by atoms with van der Waals surface area (Å²) in [4.78, 5) is 5.05. The Morgan fingerprint density at radius 1 is 1.17 bits per heavy atom. The molecule has 1 heterocycles. The molecular formula is C15H25N3. The second-order valence-corrected chi connectivity index (χ2v) is 5.78. The number of benzene rings is 1. The SMILES string of the molecule is CC1(C)CN(CCN)CCN1Cc1ccccc1. The van der Waals surface area contributed by atoms with Gasteiger partial charge < -0.3 is 5.73 Å². The molecule has 3 heteroatoms. The summed E-state index contributed by atoms with van der Waals surface area (Å²) in [6.07, 6.45) is 0. The Morgan fingerprint density at radius 3 is 2.50 bits per heavy atom. The van der Waals surface area contributed by atoms with Gasteiger partial charge in [-0.05, 0) is 19.4 Å². The van der Waals surface area contributed by atoms with E-state index in [4.69, 9.17) is 5.73 Å². The van der Waals surface area contributed by atoms with Crippen molar-refractivity contribution in [2.24, 2.45) is 5.73 Å². The third-order valence-electron chi connectivity index (χ3n) is 3.81. The smallest absolute Gasteiger partial charge is 0.0284 e. The molecule has 0 radical (unpaired) electrons. The predicted octanol–water partition coefficient (Wildman–Crippen LogP) is 1.54. The molecule has 0 saturated carbocycles. The van der Waals surface area contributed by atoms with Crippen LogP contribution in [0, 0.1) is 0 Å². The molecule has 0 amide bonds. The minimum absolute atomic E-state index is 0.225. The van der Waals surface area contributed by atoms with Crippen molar-refractivity contribution in [1.82, 2.24) is 9.80 Å². The van der Waals surface area contributed by atoms with E-state index in [0.29, 0.717) is 0 Å². The van der Waals surface area contributed by atoms with E-state index in [0.717, 1.165) is 39.3 Å². The van der Waals surface area contributed by atoms with Crippen LogP contribution >= 0.6 is 0 Å². The minimum atomic E-state index is 0.225. The fourth-order valence-electron chi connectivity index (χ4n) is 2.76. The van der Waals surface area contributed by atoms with Gasteiger partial charge in [0.25, 0.3) is 0 Å². The van der Waals surface area contributed by atoms with Crippen molar-refractivity contribution in [2.45, 2.75) is 25.9 Å². The third-order valence-corrected chi connectivity index (χ3v) is 3.81. The topological polar surface area (TPSA) is 32.5 Å². The van der Waals surface area contributed by atoms with Crippen LogP contribution in [0.3, 0.4) is 0 Å². The number of rotatable bonds is 4. The summed E-state index contributed by atoms with van der Waals surface area (Å²) >= 11 is 0. The maximum Gasteiger partial charge on any atom is 0.0284 e. The molecule has 2 N–H and O–H groups in total. The van der Waals surface area contributed by atoms with Crippen LogP contribution in [0.15, 0.2) is 30.3 Å². The van der Waals surface area contributed by atoms with Gasteiger partial charge in [0.2, 0.25) is 0 Å². The van der Waals surface area contributed by atoms with Crippen molar-refractivity contribution >= 4 is 0 Å². The lowest BCUT2D eigenvalue weighted by Gasteiger charge is -2.47. The van der Waals surface area contributed by atoms with E-state index in [-0.39, 0.29) is 5.54 Å². The first-order chi connectivity index (χ1) is 8.62. The zero-order chi connectivity index (χ0) is 13.0. The zero-order valence-electron chi connectivity index (χ0n) is 11.6. The molecule has 2 rings (SSSR count). The van der Waals surface area contributed by atoms with Crippen LogP contribution in [0.4, 0.5) is 0 Å². The van der Waals surface area contributed by atoms with Crippen molar-refractivity contribution in [2.75, 3.05) is 32.7 Å². The van der Waals surface area contributed by atoms with Gasteiger partial charge in [-0.15, -0.1) is 0 Å². The van der Waals surface area contributed by atoms with E-state index < -0.39 is 0 Å². The van der Waals surface area contributed by atoms with Crippen LogP contribution < -0.4 is 5.73 Å². The molecule has 3 nitrogen and oxygen atoms in total. The molecule has 1 aromatic carbocycles. The fraction of sp³-hybridized carbons (Fsp3) is 0.600. The molecule has 1 aliphatic rings. The second-order valence-electron chi connectivity index (χ2n) is 5.78. The van der Waals surface area contributed by atoms with E-state index in [1.165, 1.54) is 5.56 Å². The lowest BCUT2D eigenvalue weighted by Crippen LogP contribution is -2.59. The summed E-state index contributed by atoms with van der Waals surface area (Å²) in [7, 11) is 0. The van der Waals surface area contributed by atoms with Crippen molar-refractivity contribution < 1.29 is 0 Å². The lowest BCUT2D eigenvalue weighted by atomic mass is 9.97. The molecule has 18 heavy (non-hydrogen) atoms. The van der Waals surface area contributed by atoms with Crippen LogP contribution in [0.5, 0.6) is 0 Å². The number of nitrogens with zero attached hydrogens (tertiary/aromatic N) is 2. The van der Waals surface area contributed by atoms with Crippen LogP contribution in [0.25, 0.3) is 0 Å². The lowest BCUT2D eigenvalue weighted by molar-refractivity contribution is 0.0153. The molecule has 0 spiro atoms. The fourth-order valence-corrected chi connectivity index (χ4v) is 2.76. The van der Waals surface area contributed by atoms with E-state index in [2.05, 4.69) is 54.0 Å². The average Bonchev–Trinajstić information content (AvgIpc) is 2.34. The van der Waals surface area contributed by atoms with Crippen molar-refractivity contribution in [1.29, 1.82) is 0 Å². The summed E-state index contributed by atoms with van der Waals surface area (Å²) in [5, 5.41) is 0. The highest BCUT2D eigenvalue weighted by Crippen LogP contribution is 2.22. The largest absolute Gasteiger partial charge is 0.329 e. The molecule has 0 unspecified atom stereocenters. The molecule has 0 atom stereocenters.